The fraction of sp³-hybridized carbons (Fsp3) is 0.429. The minimum absolute atomic E-state index is 0.297. The molecule has 0 rings (SSSR count). The van der Waals surface area contributed by atoms with Crippen LogP contribution in [0.3, 0.4) is 0 Å². The van der Waals surface area contributed by atoms with Crippen molar-refractivity contribution in [1.82, 2.24) is 0 Å². The first-order chi connectivity index (χ1) is 4.57. The molecule has 0 bridgehead atoms. The van der Waals surface area contributed by atoms with Crippen molar-refractivity contribution in [1.29, 1.82) is 0 Å². The Balaban J connectivity index is 4.27. The van der Waals surface area contributed by atoms with Gasteiger partial charge in [-0.05, 0) is 39.8 Å². The number of aliphatic hydroxyl groups excluding tert-OH is 1. The van der Waals surface area contributed by atoms with Crippen LogP contribution in [0.2, 0.25) is 0 Å². The van der Waals surface area contributed by atoms with Gasteiger partial charge in [0.25, 0.3) is 0 Å². The van der Waals surface area contributed by atoms with Crippen LogP contribution in [-0.4, -0.2) is 5.11 Å². The Hall–Kier alpha value is 0.240. The highest BCUT2D eigenvalue weighted by Gasteiger charge is 1.93. The highest BCUT2D eigenvalue weighted by atomic mass is 79.9. The summed E-state index contributed by atoms with van der Waals surface area (Å²) in [4.78, 5) is 0. The molecular formula is C7H10Br2O. The number of allylic oxidation sites excluding steroid dienone is 4. The largest absolute Gasteiger partial charge is 0.511 e. The topological polar surface area (TPSA) is 20.2 Å². The third kappa shape index (κ3) is 4.12. The van der Waals surface area contributed by atoms with Crippen molar-refractivity contribution < 1.29 is 5.11 Å². The van der Waals surface area contributed by atoms with Crippen molar-refractivity contribution in [2.45, 2.75) is 20.3 Å². The average Bonchev–Trinajstić information content (AvgIpc) is 1.87. The van der Waals surface area contributed by atoms with E-state index in [9.17, 15) is 0 Å². The van der Waals surface area contributed by atoms with E-state index in [0.717, 1.165) is 15.4 Å². The maximum atomic E-state index is 8.93. The standard InChI is InChI=1S/C7H10Br2O/c1-3-6(8)4-7(9)5(2)10/h4,10H,3H2,1-2H3/b6-4+,7-5-. The molecule has 0 unspecified atom stereocenters. The van der Waals surface area contributed by atoms with Crippen LogP contribution in [0.15, 0.2) is 20.8 Å². The molecule has 0 atom stereocenters. The van der Waals surface area contributed by atoms with Crippen molar-refractivity contribution in [2.24, 2.45) is 0 Å². The highest BCUT2D eigenvalue weighted by Crippen LogP contribution is 2.18. The average molecular weight is 270 g/mol. The number of halogens is 2. The lowest BCUT2D eigenvalue weighted by molar-refractivity contribution is 0.413. The molecule has 0 fully saturated rings. The van der Waals surface area contributed by atoms with E-state index in [0.29, 0.717) is 5.76 Å². The minimum atomic E-state index is 0.297. The molecular weight excluding hydrogens is 260 g/mol. The number of aliphatic hydroxyl groups is 1. The monoisotopic (exact) mass is 268 g/mol. The van der Waals surface area contributed by atoms with Gasteiger partial charge in [-0.3, -0.25) is 0 Å². The quantitative estimate of drug-likeness (QED) is 0.596. The van der Waals surface area contributed by atoms with Gasteiger partial charge >= 0.3 is 0 Å². The second-order valence-electron chi connectivity index (χ2n) is 1.88. The summed E-state index contributed by atoms with van der Waals surface area (Å²) in [5, 5.41) is 8.93. The lowest BCUT2D eigenvalue weighted by atomic mass is 10.4. The van der Waals surface area contributed by atoms with E-state index in [2.05, 4.69) is 31.9 Å². The first-order valence-corrected chi connectivity index (χ1v) is 4.58. The van der Waals surface area contributed by atoms with Gasteiger partial charge in [-0.1, -0.05) is 22.9 Å². The minimum Gasteiger partial charge on any atom is -0.511 e. The van der Waals surface area contributed by atoms with Gasteiger partial charge in [0.15, 0.2) is 0 Å². The zero-order valence-electron chi connectivity index (χ0n) is 5.99. The van der Waals surface area contributed by atoms with Gasteiger partial charge in [0, 0.05) is 0 Å². The fourth-order valence-electron chi connectivity index (χ4n) is 0.344. The molecule has 0 aliphatic heterocycles. The Bertz CT molecular complexity index is 166. The molecule has 0 radical (unpaired) electrons. The molecule has 0 amide bonds. The summed E-state index contributed by atoms with van der Waals surface area (Å²) in [6, 6.07) is 0. The summed E-state index contributed by atoms with van der Waals surface area (Å²) in [7, 11) is 0. The third-order valence-electron chi connectivity index (χ3n) is 0.967. The molecule has 0 aliphatic carbocycles. The second-order valence-corrected chi connectivity index (χ2v) is 3.75. The first kappa shape index (κ1) is 10.2. The molecule has 0 saturated carbocycles. The van der Waals surface area contributed by atoms with E-state index in [-0.39, 0.29) is 0 Å². The molecule has 0 saturated heterocycles. The summed E-state index contributed by atoms with van der Waals surface area (Å²) in [6.07, 6.45) is 2.78. The van der Waals surface area contributed by atoms with E-state index >= 15 is 0 Å². The van der Waals surface area contributed by atoms with Gasteiger partial charge in [0.05, 0.1) is 4.48 Å². The molecule has 0 aromatic heterocycles. The first-order valence-electron chi connectivity index (χ1n) is 2.99. The Morgan fingerprint density at radius 2 is 2.00 bits per heavy atom. The number of hydrogen-bond donors (Lipinski definition) is 1. The lowest BCUT2D eigenvalue weighted by Crippen LogP contribution is -1.75. The maximum Gasteiger partial charge on any atom is 0.103 e. The van der Waals surface area contributed by atoms with Crippen molar-refractivity contribution in [3.8, 4) is 0 Å². The molecule has 3 heteroatoms. The zero-order valence-corrected chi connectivity index (χ0v) is 9.16. The van der Waals surface area contributed by atoms with Crippen molar-refractivity contribution in [2.75, 3.05) is 0 Å². The van der Waals surface area contributed by atoms with Crippen LogP contribution in [-0.2, 0) is 0 Å². The van der Waals surface area contributed by atoms with Gasteiger partial charge in [0.2, 0.25) is 0 Å². The summed E-state index contributed by atoms with van der Waals surface area (Å²) < 4.78 is 1.79. The van der Waals surface area contributed by atoms with E-state index < -0.39 is 0 Å². The SMILES string of the molecule is CC/C(Br)=C\C(Br)=C(/C)O. The molecule has 1 N–H and O–H groups in total. The molecule has 10 heavy (non-hydrogen) atoms. The van der Waals surface area contributed by atoms with E-state index in [1.165, 1.54) is 0 Å². The van der Waals surface area contributed by atoms with Crippen molar-refractivity contribution in [3.05, 3.63) is 20.8 Å². The van der Waals surface area contributed by atoms with Crippen LogP contribution in [0.4, 0.5) is 0 Å². The second kappa shape index (κ2) is 4.97. The Morgan fingerprint density at radius 1 is 1.50 bits per heavy atom. The summed E-state index contributed by atoms with van der Waals surface area (Å²) >= 11 is 6.54. The number of rotatable bonds is 2. The summed E-state index contributed by atoms with van der Waals surface area (Å²) in [5.74, 6) is 0.297. The van der Waals surface area contributed by atoms with E-state index in [1.807, 2.05) is 13.0 Å². The number of hydrogen-bond acceptors (Lipinski definition) is 1. The summed E-state index contributed by atoms with van der Waals surface area (Å²) in [5.41, 5.74) is 0. The van der Waals surface area contributed by atoms with E-state index in [1.54, 1.807) is 6.92 Å². The predicted octanol–water partition coefficient (Wildman–Crippen LogP) is 3.86. The van der Waals surface area contributed by atoms with Gasteiger partial charge in [0.1, 0.15) is 5.76 Å². The van der Waals surface area contributed by atoms with E-state index in [4.69, 9.17) is 5.11 Å². The zero-order chi connectivity index (χ0) is 8.15. The Kier molecular flexibility index (Phi) is 5.09. The Labute approximate surface area is 78.1 Å². The molecule has 0 spiro atoms. The fourth-order valence-corrected chi connectivity index (χ4v) is 1.16. The van der Waals surface area contributed by atoms with Crippen LogP contribution < -0.4 is 0 Å². The molecule has 58 valence electrons. The van der Waals surface area contributed by atoms with Crippen LogP contribution >= 0.6 is 31.9 Å². The van der Waals surface area contributed by atoms with Crippen LogP contribution in [0.25, 0.3) is 0 Å². The van der Waals surface area contributed by atoms with Crippen LogP contribution in [0.1, 0.15) is 20.3 Å². The maximum absolute atomic E-state index is 8.93. The van der Waals surface area contributed by atoms with Gasteiger partial charge < -0.3 is 5.11 Å². The van der Waals surface area contributed by atoms with Crippen LogP contribution in [0.5, 0.6) is 0 Å². The highest BCUT2D eigenvalue weighted by molar-refractivity contribution is 9.12. The smallest absolute Gasteiger partial charge is 0.103 e. The predicted molar refractivity (Wildman–Crippen MR) is 51.6 cm³/mol. The molecule has 0 aromatic carbocycles. The summed E-state index contributed by atoms with van der Waals surface area (Å²) in [6.45, 7) is 3.67. The lowest BCUT2D eigenvalue weighted by Gasteiger charge is -1.94. The van der Waals surface area contributed by atoms with Gasteiger partial charge in [-0.2, -0.15) is 0 Å². The third-order valence-corrected chi connectivity index (χ3v) is 2.56. The Morgan fingerprint density at radius 3 is 2.30 bits per heavy atom. The van der Waals surface area contributed by atoms with Crippen molar-refractivity contribution >= 4 is 31.9 Å². The van der Waals surface area contributed by atoms with Gasteiger partial charge in [-0.15, -0.1) is 0 Å². The molecule has 0 heterocycles. The van der Waals surface area contributed by atoms with Crippen molar-refractivity contribution in [3.63, 3.8) is 0 Å². The van der Waals surface area contributed by atoms with Crippen LogP contribution in [0, 0.1) is 0 Å². The van der Waals surface area contributed by atoms with Gasteiger partial charge in [-0.25, -0.2) is 0 Å². The normalized spacial score (nSPS) is 15.0. The molecule has 0 aromatic rings. The molecule has 0 aliphatic rings. The molecule has 1 nitrogen and oxygen atoms in total.